The standard InChI is InChI=1S/C15H20ClNO2S/c1-15(2,3)19-14(18)9-17-12-6-7-20-13-5-4-10(16)8-11(12)13/h4-5,8,12,17H,6-7,9H2,1-3H3. The third kappa shape index (κ3) is 4.40. The molecule has 1 atom stereocenters. The first-order chi connectivity index (χ1) is 9.35. The van der Waals surface area contributed by atoms with Crippen LogP contribution in [0.5, 0.6) is 0 Å². The number of rotatable bonds is 3. The Labute approximate surface area is 129 Å². The van der Waals surface area contributed by atoms with Gasteiger partial charge in [0.1, 0.15) is 5.60 Å². The molecule has 3 nitrogen and oxygen atoms in total. The molecule has 0 bridgehead atoms. The van der Waals surface area contributed by atoms with Crippen LogP contribution in [0, 0.1) is 0 Å². The quantitative estimate of drug-likeness (QED) is 0.861. The SMILES string of the molecule is CC(C)(C)OC(=O)CNC1CCSc2ccc(Cl)cc21. The Morgan fingerprint density at radius 2 is 2.25 bits per heavy atom. The van der Waals surface area contributed by atoms with Crippen LogP contribution >= 0.6 is 23.4 Å². The van der Waals surface area contributed by atoms with E-state index in [2.05, 4.69) is 5.32 Å². The van der Waals surface area contributed by atoms with Crippen LogP contribution in [-0.2, 0) is 9.53 Å². The fourth-order valence-corrected chi connectivity index (χ4v) is 3.45. The Bertz CT molecular complexity index is 499. The summed E-state index contributed by atoms with van der Waals surface area (Å²) in [6.07, 6.45) is 0.987. The van der Waals surface area contributed by atoms with E-state index >= 15 is 0 Å². The number of esters is 1. The van der Waals surface area contributed by atoms with Crippen molar-refractivity contribution in [3.8, 4) is 0 Å². The van der Waals surface area contributed by atoms with Gasteiger partial charge in [-0.25, -0.2) is 0 Å². The summed E-state index contributed by atoms with van der Waals surface area (Å²) in [6, 6.07) is 6.10. The predicted octanol–water partition coefficient (Wildman–Crippen LogP) is 3.81. The molecule has 1 aromatic rings. The molecule has 0 saturated carbocycles. The van der Waals surface area contributed by atoms with Crippen LogP contribution in [0.2, 0.25) is 5.02 Å². The molecule has 1 unspecified atom stereocenters. The van der Waals surface area contributed by atoms with Gasteiger partial charge in [0.05, 0.1) is 6.54 Å². The predicted molar refractivity (Wildman–Crippen MR) is 83.4 cm³/mol. The van der Waals surface area contributed by atoms with Crippen molar-refractivity contribution in [2.45, 2.75) is 43.7 Å². The van der Waals surface area contributed by atoms with Gasteiger partial charge in [0.15, 0.2) is 0 Å². The molecule has 1 aliphatic rings. The van der Waals surface area contributed by atoms with E-state index in [9.17, 15) is 4.79 Å². The van der Waals surface area contributed by atoms with Crippen molar-refractivity contribution in [1.29, 1.82) is 0 Å². The number of carbonyl (C=O) groups is 1. The molecular weight excluding hydrogens is 294 g/mol. The highest BCUT2D eigenvalue weighted by Crippen LogP contribution is 2.37. The van der Waals surface area contributed by atoms with Gasteiger partial charge in [-0.15, -0.1) is 11.8 Å². The molecule has 110 valence electrons. The number of fused-ring (bicyclic) bond motifs is 1. The van der Waals surface area contributed by atoms with Crippen LogP contribution in [0.15, 0.2) is 23.1 Å². The smallest absolute Gasteiger partial charge is 0.320 e. The van der Waals surface area contributed by atoms with E-state index in [1.807, 2.05) is 50.7 Å². The minimum atomic E-state index is -0.442. The second kappa shape index (κ2) is 6.37. The number of benzene rings is 1. The zero-order chi connectivity index (χ0) is 14.8. The summed E-state index contributed by atoms with van der Waals surface area (Å²) in [5, 5.41) is 4.01. The number of hydrogen-bond donors (Lipinski definition) is 1. The lowest BCUT2D eigenvalue weighted by Gasteiger charge is -2.27. The average molecular weight is 314 g/mol. The van der Waals surface area contributed by atoms with Crippen molar-refractivity contribution in [2.24, 2.45) is 0 Å². The molecule has 0 saturated heterocycles. The number of halogens is 1. The first kappa shape index (κ1) is 15.7. The van der Waals surface area contributed by atoms with Gasteiger partial charge >= 0.3 is 5.97 Å². The van der Waals surface area contributed by atoms with Crippen LogP contribution in [0.1, 0.15) is 38.8 Å². The zero-order valence-electron chi connectivity index (χ0n) is 12.0. The van der Waals surface area contributed by atoms with Crippen molar-refractivity contribution in [3.63, 3.8) is 0 Å². The number of thioether (sulfide) groups is 1. The number of nitrogens with one attached hydrogen (secondary N) is 1. The van der Waals surface area contributed by atoms with E-state index in [-0.39, 0.29) is 18.6 Å². The second-order valence-electron chi connectivity index (χ2n) is 5.84. The summed E-state index contributed by atoms with van der Waals surface area (Å²) < 4.78 is 5.31. The lowest BCUT2D eigenvalue weighted by Crippen LogP contribution is -2.34. The molecular formula is C15H20ClNO2S. The molecule has 0 amide bonds. The molecule has 0 fully saturated rings. The van der Waals surface area contributed by atoms with Crippen molar-refractivity contribution < 1.29 is 9.53 Å². The molecule has 0 radical (unpaired) electrons. The summed E-state index contributed by atoms with van der Waals surface area (Å²) in [7, 11) is 0. The molecule has 1 heterocycles. The van der Waals surface area contributed by atoms with Crippen molar-refractivity contribution >= 4 is 29.3 Å². The van der Waals surface area contributed by atoms with Crippen molar-refractivity contribution in [2.75, 3.05) is 12.3 Å². The van der Waals surface area contributed by atoms with E-state index in [0.29, 0.717) is 0 Å². The van der Waals surface area contributed by atoms with Crippen molar-refractivity contribution in [3.05, 3.63) is 28.8 Å². The number of carbonyl (C=O) groups excluding carboxylic acids is 1. The van der Waals surface area contributed by atoms with Crippen LogP contribution < -0.4 is 5.32 Å². The van der Waals surface area contributed by atoms with E-state index in [4.69, 9.17) is 16.3 Å². The van der Waals surface area contributed by atoms with E-state index in [0.717, 1.165) is 17.2 Å². The Balaban J connectivity index is 1.98. The summed E-state index contributed by atoms with van der Waals surface area (Å²) in [4.78, 5) is 13.0. The Kier molecular flexibility index (Phi) is 4.99. The van der Waals surface area contributed by atoms with Gasteiger partial charge in [-0.2, -0.15) is 0 Å². The van der Waals surface area contributed by atoms with Gasteiger partial charge in [-0.05, 0) is 56.7 Å². The number of hydrogen-bond acceptors (Lipinski definition) is 4. The maximum atomic E-state index is 11.8. The fourth-order valence-electron chi connectivity index (χ4n) is 2.16. The highest BCUT2D eigenvalue weighted by atomic mass is 35.5. The van der Waals surface area contributed by atoms with Gasteiger partial charge in [-0.3, -0.25) is 10.1 Å². The maximum absolute atomic E-state index is 11.8. The van der Waals surface area contributed by atoms with Crippen LogP contribution in [0.4, 0.5) is 0 Å². The summed E-state index contributed by atoms with van der Waals surface area (Å²) in [6.45, 7) is 5.84. The van der Waals surface area contributed by atoms with Gasteiger partial charge in [0.25, 0.3) is 0 Å². The minimum Gasteiger partial charge on any atom is -0.459 e. The summed E-state index contributed by atoms with van der Waals surface area (Å²) in [5.74, 6) is 0.819. The third-order valence-corrected chi connectivity index (χ3v) is 4.28. The topological polar surface area (TPSA) is 38.3 Å². The van der Waals surface area contributed by atoms with Crippen LogP contribution in [-0.4, -0.2) is 23.9 Å². The van der Waals surface area contributed by atoms with Gasteiger partial charge in [0, 0.05) is 16.0 Å². The lowest BCUT2D eigenvalue weighted by molar-refractivity contribution is -0.153. The normalized spacial score (nSPS) is 18.5. The molecule has 0 aliphatic carbocycles. The lowest BCUT2D eigenvalue weighted by atomic mass is 10.0. The Morgan fingerprint density at radius 1 is 1.50 bits per heavy atom. The van der Waals surface area contributed by atoms with Gasteiger partial charge in [-0.1, -0.05) is 11.6 Å². The first-order valence-corrected chi connectivity index (χ1v) is 8.09. The maximum Gasteiger partial charge on any atom is 0.320 e. The minimum absolute atomic E-state index is 0.164. The van der Waals surface area contributed by atoms with E-state index < -0.39 is 5.60 Å². The van der Waals surface area contributed by atoms with Crippen LogP contribution in [0.25, 0.3) is 0 Å². The van der Waals surface area contributed by atoms with Gasteiger partial charge in [0.2, 0.25) is 0 Å². The molecule has 0 aromatic heterocycles. The molecule has 20 heavy (non-hydrogen) atoms. The molecule has 1 aliphatic heterocycles. The summed E-state index contributed by atoms with van der Waals surface area (Å²) in [5.41, 5.74) is 0.736. The highest BCUT2D eigenvalue weighted by Gasteiger charge is 2.22. The van der Waals surface area contributed by atoms with E-state index in [1.165, 1.54) is 10.5 Å². The fraction of sp³-hybridized carbons (Fsp3) is 0.533. The molecule has 1 N–H and O–H groups in total. The molecule has 5 heteroatoms. The Morgan fingerprint density at radius 3 is 2.95 bits per heavy atom. The average Bonchev–Trinajstić information content (AvgIpc) is 2.34. The molecule has 1 aromatic carbocycles. The second-order valence-corrected chi connectivity index (χ2v) is 7.41. The zero-order valence-corrected chi connectivity index (χ0v) is 13.6. The first-order valence-electron chi connectivity index (χ1n) is 6.72. The van der Waals surface area contributed by atoms with Crippen molar-refractivity contribution in [1.82, 2.24) is 5.32 Å². The van der Waals surface area contributed by atoms with E-state index in [1.54, 1.807) is 0 Å². The van der Waals surface area contributed by atoms with Gasteiger partial charge < -0.3 is 4.74 Å². The summed E-state index contributed by atoms with van der Waals surface area (Å²) >= 11 is 7.89. The molecule has 2 rings (SSSR count). The Hall–Kier alpha value is -0.710. The largest absolute Gasteiger partial charge is 0.459 e. The van der Waals surface area contributed by atoms with Crippen LogP contribution in [0.3, 0.4) is 0 Å². The highest BCUT2D eigenvalue weighted by molar-refractivity contribution is 7.99. The molecule has 0 spiro atoms. The number of ether oxygens (including phenoxy) is 1. The third-order valence-electron chi connectivity index (χ3n) is 2.92. The monoisotopic (exact) mass is 313 g/mol.